The van der Waals surface area contributed by atoms with Gasteiger partial charge < -0.3 is 9.94 Å². The Balaban J connectivity index is 2.57. The Morgan fingerprint density at radius 3 is 2.83 bits per heavy atom. The molecule has 0 radical (unpaired) electrons. The van der Waals surface area contributed by atoms with E-state index in [1.54, 1.807) is 18.2 Å². The molecule has 0 aliphatic rings. The van der Waals surface area contributed by atoms with Crippen molar-refractivity contribution in [1.82, 2.24) is 0 Å². The Labute approximate surface area is 72.2 Å². The fourth-order valence-electron chi connectivity index (χ4n) is 0.776. The Kier molecular flexibility index (Phi) is 2.91. The van der Waals surface area contributed by atoms with Crippen LogP contribution < -0.4 is 9.47 Å². The average Bonchev–Trinajstić information content (AvgIpc) is 2.03. The van der Waals surface area contributed by atoms with Crippen LogP contribution in [0, 0.1) is 11.1 Å². The van der Waals surface area contributed by atoms with Gasteiger partial charge in [0.25, 0.3) is 0 Å². The molecule has 3 heteroatoms. The summed E-state index contributed by atoms with van der Waals surface area (Å²) in [5.41, 5.74) is 0. The van der Waals surface area contributed by atoms with Crippen molar-refractivity contribution < 1.29 is 9.47 Å². The van der Waals surface area contributed by atoms with Crippen LogP contribution in [0.1, 0.15) is 13.8 Å². The average molecular weight is 167 g/mol. The van der Waals surface area contributed by atoms with Crippen molar-refractivity contribution in [3.8, 4) is 5.88 Å². The second-order valence-corrected chi connectivity index (χ2v) is 3.07. The molecule has 1 aromatic heterocycles. The molecule has 0 bridgehead atoms. The first kappa shape index (κ1) is 8.84. The zero-order valence-corrected chi connectivity index (χ0v) is 7.36. The van der Waals surface area contributed by atoms with E-state index in [1.165, 1.54) is 6.20 Å². The molecular weight excluding hydrogens is 154 g/mol. The van der Waals surface area contributed by atoms with Crippen molar-refractivity contribution in [3.05, 3.63) is 29.6 Å². The Bertz CT molecular complexity index is 248. The van der Waals surface area contributed by atoms with Gasteiger partial charge in [-0.3, -0.25) is 0 Å². The van der Waals surface area contributed by atoms with Gasteiger partial charge in [0.2, 0.25) is 0 Å². The van der Waals surface area contributed by atoms with Crippen LogP contribution in [0.5, 0.6) is 5.88 Å². The van der Waals surface area contributed by atoms with Crippen molar-refractivity contribution in [3.63, 3.8) is 0 Å². The standard InChI is InChI=1S/C9H13NO2/c1-8(2)7-12-9-5-3-4-6-10(9)11/h3-6,8H,7H2,1-2H3. The minimum absolute atomic E-state index is 0.367. The molecule has 1 rings (SSSR count). The Morgan fingerprint density at radius 1 is 1.50 bits per heavy atom. The smallest absolute Gasteiger partial charge is 0.379 e. The summed E-state index contributed by atoms with van der Waals surface area (Å²) in [5, 5.41) is 11.0. The van der Waals surface area contributed by atoms with E-state index < -0.39 is 0 Å². The summed E-state index contributed by atoms with van der Waals surface area (Å²) in [7, 11) is 0. The lowest BCUT2D eigenvalue weighted by molar-refractivity contribution is -0.613. The second kappa shape index (κ2) is 3.95. The molecule has 0 atom stereocenters. The van der Waals surface area contributed by atoms with Crippen LogP contribution in [0.15, 0.2) is 24.4 Å². The quantitative estimate of drug-likeness (QED) is 0.503. The van der Waals surface area contributed by atoms with E-state index in [-0.39, 0.29) is 0 Å². The predicted molar refractivity (Wildman–Crippen MR) is 45.7 cm³/mol. The highest BCUT2D eigenvalue weighted by molar-refractivity contribution is 5.02. The Morgan fingerprint density at radius 2 is 2.25 bits per heavy atom. The van der Waals surface area contributed by atoms with Gasteiger partial charge in [-0.25, -0.2) is 0 Å². The van der Waals surface area contributed by atoms with Crippen molar-refractivity contribution >= 4 is 0 Å². The van der Waals surface area contributed by atoms with Crippen molar-refractivity contribution in [2.45, 2.75) is 13.8 Å². The minimum atomic E-state index is 0.367. The third-order valence-electron chi connectivity index (χ3n) is 1.35. The van der Waals surface area contributed by atoms with Gasteiger partial charge in [0.1, 0.15) is 0 Å². The molecule has 1 aromatic rings. The second-order valence-electron chi connectivity index (χ2n) is 3.07. The summed E-state index contributed by atoms with van der Waals surface area (Å²) in [6.07, 6.45) is 1.43. The summed E-state index contributed by atoms with van der Waals surface area (Å²) in [6.45, 7) is 4.66. The Hall–Kier alpha value is -1.25. The SMILES string of the molecule is CC(C)COc1cccc[n+]1[O-]. The maximum atomic E-state index is 11.0. The van der Waals surface area contributed by atoms with Gasteiger partial charge >= 0.3 is 5.88 Å². The molecule has 0 aromatic carbocycles. The van der Waals surface area contributed by atoms with Crippen LogP contribution in [-0.4, -0.2) is 6.61 Å². The van der Waals surface area contributed by atoms with Gasteiger partial charge in [-0.15, -0.1) is 4.73 Å². The number of rotatable bonds is 3. The van der Waals surface area contributed by atoms with Gasteiger partial charge in [0, 0.05) is 6.07 Å². The van der Waals surface area contributed by atoms with E-state index in [2.05, 4.69) is 0 Å². The number of hydrogen-bond donors (Lipinski definition) is 0. The van der Waals surface area contributed by atoms with E-state index in [9.17, 15) is 5.21 Å². The first-order valence-corrected chi connectivity index (χ1v) is 4.01. The molecule has 12 heavy (non-hydrogen) atoms. The number of aromatic nitrogens is 1. The molecule has 0 saturated heterocycles. The molecule has 66 valence electrons. The van der Waals surface area contributed by atoms with Crippen LogP contribution in [0.4, 0.5) is 0 Å². The summed E-state index contributed by atoms with van der Waals surface area (Å²) in [5.74, 6) is 0.802. The molecular formula is C9H13NO2. The fraction of sp³-hybridized carbons (Fsp3) is 0.444. The van der Waals surface area contributed by atoms with Gasteiger partial charge in [-0.1, -0.05) is 13.8 Å². The molecule has 0 aliphatic carbocycles. The lowest BCUT2D eigenvalue weighted by Crippen LogP contribution is -2.28. The molecule has 0 amide bonds. The lowest BCUT2D eigenvalue weighted by atomic mass is 10.2. The molecule has 0 unspecified atom stereocenters. The first-order valence-electron chi connectivity index (χ1n) is 4.01. The van der Waals surface area contributed by atoms with Crippen molar-refractivity contribution in [2.75, 3.05) is 6.61 Å². The highest BCUT2D eigenvalue weighted by Gasteiger charge is 2.04. The topological polar surface area (TPSA) is 36.2 Å². The van der Waals surface area contributed by atoms with Crippen LogP contribution in [0.2, 0.25) is 0 Å². The van der Waals surface area contributed by atoms with Crippen LogP contribution in [0.3, 0.4) is 0 Å². The van der Waals surface area contributed by atoms with Crippen molar-refractivity contribution in [2.24, 2.45) is 5.92 Å². The highest BCUT2D eigenvalue weighted by atomic mass is 16.5. The summed E-state index contributed by atoms with van der Waals surface area (Å²) < 4.78 is 5.97. The number of nitrogens with zero attached hydrogens (tertiary/aromatic N) is 1. The highest BCUT2D eigenvalue weighted by Crippen LogP contribution is 2.02. The van der Waals surface area contributed by atoms with E-state index in [1.807, 2.05) is 13.8 Å². The summed E-state index contributed by atoms with van der Waals surface area (Å²) in [6, 6.07) is 5.12. The minimum Gasteiger partial charge on any atom is -0.616 e. The number of pyridine rings is 1. The molecule has 0 fully saturated rings. The summed E-state index contributed by atoms with van der Waals surface area (Å²) >= 11 is 0. The third kappa shape index (κ3) is 2.42. The normalized spacial score (nSPS) is 10.2. The molecule has 1 heterocycles. The predicted octanol–water partition coefficient (Wildman–Crippen LogP) is 1.35. The van der Waals surface area contributed by atoms with Crippen LogP contribution in [0.25, 0.3) is 0 Å². The van der Waals surface area contributed by atoms with E-state index in [0.717, 1.165) is 4.73 Å². The first-order chi connectivity index (χ1) is 5.70. The zero-order valence-electron chi connectivity index (χ0n) is 7.36. The van der Waals surface area contributed by atoms with E-state index in [4.69, 9.17) is 4.74 Å². The van der Waals surface area contributed by atoms with Gasteiger partial charge in [0.05, 0.1) is 12.7 Å². The number of ether oxygens (including phenoxy) is 1. The van der Waals surface area contributed by atoms with Crippen molar-refractivity contribution in [1.29, 1.82) is 0 Å². The summed E-state index contributed by atoms with van der Waals surface area (Å²) in [4.78, 5) is 0. The maximum Gasteiger partial charge on any atom is 0.379 e. The van der Waals surface area contributed by atoms with Crippen LogP contribution >= 0.6 is 0 Å². The van der Waals surface area contributed by atoms with Gasteiger partial charge in [-0.2, -0.15) is 0 Å². The monoisotopic (exact) mass is 167 g/mol. The molecule has 0 N–H and O–H groups in total. The van der Waals surface area contributed by atoms with Gasteiger partial charge in [0.15, 0.2) is 6.20 Å². The fourth-order valence-corrected chi connectivity index (χ4v) is 0.776. The molecule has 0 spiro atoms. The third-order valence-corrected chi connectivity index (χ3v) is 1.35. The molecule has 0 aliphatic heterocycles. The molecule has 0 saturated carbocycles. The largest absolute Gasteiger partial charge is 0.616 e. The number of hydrogen-bond acceptors (Lipinski definition) is 2. The molecule has 3 nitrogen and oxygen atoms in total. The zero-order chi connectivity index (χ0) is 8.97. The van der Waals surface area contributed by atoms with Gasteiger partial charge in [-0.05, 0) is 12.0 Å². The lowest BCUT2D eigenvalue weighted by Gasteiger charge is -2.07. The van der Waals surface area contributed by atoms with E-state index >= 15 is 0 Å². The maximum absolute atomic E-state index is 11.0. The van der Waals surface area contributed by atoms with Crippen LogP contribution in [-0.2, 0) is 0 Å². The van der Waals surface area contributed by atoms with E-state index in [0.29, 0.717) is 18.4 Å².